The molecule has 12 heavy (non-hydrogen) atoms. The fourth-order valence-electron chi connectivity index (χ4n) is 0.987. The summed E-state index contributed by atoms with van der Waals surface area (Å²) in [5.74, 6) is 0. The van der Waals surface area contributed by atoms with Crippen LogP contribution in [-0.4, -0.2) is 30.1 Å². The zero-order chi connectivity index (χ0) is 9.40. The molecule has 3 heteroatoms. The van der Waals surface area contributed by atoms with Gasteiger partial charge in [-0.05, 0) is 25.6 Å². The van der Waals surface area contributed by atoms with Gasteiger partial charge in [0.1, 0.15) is 0 Å². The van der Waals surface area contributed by atoms with E-state index in [-0.39, 0.29) is 0 Å². The van der Waals surface area contributed by atoms with Crippen LogP contribution < -0.4 is 5.32 Å². The topological polar surface area (TPSA) is 15.3 Å². The third-order valence-electron chi connectivity index (χ3n) is 1.77. The number of nitrogens with one attached hydrogen (secondary N) is 1. The number of unbranched alkanes of at least 4 members (excludes halogenated alkanes) is 2. The molecule has 0 amide bonds. The van der Waals surface area contributed by atoms with Crippen molar-refractivity contribution < 1.29 is 0 Å². The Morgan fingerprint density at radius 2 is 2.00 bits per heavy atom. The van der Waals surface area contributed by atoms with Gasteiger partial charge >= 0.3 is 0 Å². The number of thiocarbonyl (C=S) groups is 1. The maximum atomic E-state index is 5.14. The smallest absolute Gasteiger partial charge is 0.168 e. The summed E-state index contributed by atoms with van der Waals surface area (Å²) in [5, 5.41) is 4.00. The van der Waals surface area contributed by atoms with Crippen molar-refractivity contribution in [3.63, 3.8) is 0 Å². The molecule has 0 aromatic carbocycles. The normalized spacial score (nSPS) is 9.58. The molecule has 0 unspecified atom stereocenters. The van der Waals surface area contributed by atoms with Crippen LogP contribution in [0.5, 0.6) is 0 Å². The van der Waals surface area contributed by atoms with Crippen LogP contribution in [0, 0.1) is 0 Å². The van der Waals surface area contributed by atoms with Crippen molar-refractivity contribution in [3.8, 4) is 0 Å². The molecule has 0 fully saturated rings. The summed E-state index contributed by atoms with van der Waals surface area (Å²) in [6.45, 7) is 6.26. The summed E-state index contributed by atoms with van der Waals surface area (Å²) in [5.41, 5.74) is 0. The average Bonchev–Trinajstić information content (AvgIpc) is 2.05. The van der Waals surface area contributed by atoms with Crippen LogP contribution in [0.2, 0.25) is 0 Å². The second-order valence-corrected chi connectivity index (χ2v) is 3.35. The minimum atomic E-state index is 0.869. The molecule has 0 atom stereocenters. The predicted molar refractivity (Wildman–Crippen MR) is 58.4 cm³/mol. The van der Waals surface area contributed by atoms with Gasteiger partial charge in [0.25, 0.3) is 0 Å². The Morgan fingerprint density at radius 1 is 1.33 bits per heavy atom. The predicted octanol–water partition coefficient (Wildman–Crippen LogP) is 2.00. The van der Waals surface area contributed by atoms with E-state index in [2.05, 4.69) is 24.1 Å². The van der Waals surface area contributed by atoms with E-state index in [0.29, 0.717) is 0 Å². The maximum absolute atomic E-state index is 5.14. The standard InChI is InChI=1S/C9H20N2S/c1-4-6-7-8-11(3)9(12)10-5-2/h4-8H2,1-3H3,(H,10,12). The molecule has 0 aromatic heterocycles. The van der Waals surface area contributed by atoms with E-state index in [4.69, 9.17) is 12.2 Å². The molecule has 0 aromatic rings. The molecule has 0 aliphatic heterocycles. The van der Waals surface area contributed by atoms with Gasteiger partial charge in [-0.25, -0.2) is 0 Å². The Balaban J connectivity index is 3.42. The molecule has 0 saturated carbocycles. The van der Waals surface area contributed by atoms with Crippen molar-refractivity contribution >= 4 is 17.3 Å². The second-order valence-electron chi connectivity index (χ2n) is 2.96. The minimum Gasteiger partial charge on any atom is -0.363 e. The van der Waals surface area contributed by atoms with E-state index < -0.39 is 0 Å². The molecule has 0 rings (SSSR count). The van der Waals surface area contributed by atoms with Crippen molar-refractivity contribution in [2.24, 2.45) is 0 Å². The lowest BCUT2D eigenvalue weighted by Gasteiger charge is -2.19. The fourth-order valence-corrected chi connectivity index (χ4v) is 1.22. The summed E-state index contributed by atoms with van der Waals surface area (Å²) in [6.07, 6.45) is 3.79. The summed E-state index contributed by atoms with van der Waals surface area (Å²) < 4.78 is 0. The van der Waals surface area contributed by atoms with Gasteiger partial charge in [-0.15, -0.1) is 0 Å². The van der Waals surface area contributed by atoms with Gasteiger partial charge < -0.3 is 10.2 Å². The molecule has 0 radical (unpaired) electrons. The zero-order valence-electron chi connectivity index (χ0n) is 8.39. The molecular formula is C9H20N2S. The molecule has 2 nitrogen and oxygen atoms in total. The number of rotatable bonds is 5. The summed E-state index contributed by atoms with van der Waals surface area (Å²) in [4.78, 5) is 2.11. The van der Waals surface area contributed by atoms with E-state index in [1.807, 2.05) is 7.05 Å². The largest absolute Gasteiger partial charge is 0.363 e. The number of hydrogen-bond acceptors (Lipinski definition) is 1. The van der Waals surface area contributed by atoms with Gasteiger partial charge in [-0.3, -0.25) is 0 Å². The van der Waals surface area contributed by atoms with E-state index in [1.165, 1.54) is 19.3 Å². The molecule has 0 heterocycles. The Hall–Kier alpha value is -0.310. The Labute approximate surface area is 81.3 Å². The first kappa shape index (κ1) is 11.7. The van der Waals surface area contributed by atoms with Gasteiger partial charge in [-0.2, -0.15) is 0 Å². The van der Waals surface area contributed by atoms with Gasteiger partial charge in [0, 0.05) is 20.1 Å². The Bertz CT molecular complexity index is 126. The van der Waals surface area contributed by atoms with Crippen LogP contribution in [0.1, 0.15) is 33.1 Å². The molecule has 0 saturated heterocycles. The van der Waals surface area contributed by atoms with Gasteiger partial charge in [0.05, 0.1) is 0 Å². The SMILES string of the molecule is CCCCCN(C)C(=S)NCC. The van der Waals surface area contributed by atoms with E-state index in [0.717, 1.165) is 18.2 Å². The second kappa shape index (κ2) is 7.35. The van der Waals surface area contributed by atoms with Gasteiger partial charge in [0.2, 0.25) is 0 Å². The minimum absolute atomic E-state index is 0.869. The monoisotopic (exact) mass is 188 g/mol. The van der Waals surface area contributed by atoms with Crippen molar-refractivity contribution in [2.75, 3.05) is 20.1 Å². The first-order valence-electron chi connectivity index (χ1n) is 4.71. The first-order valence-corrected chi connectivity index (χ1v) is 5.12. The molecule has 0 aliphatic rings. The number of hydrogen-bond donors (Lipinski definition) is 1. The van der Waals surface area contributed by atoms with Gasteiger partial charge in [-0.1, -0.05) is 19.8 Å². The summed E-state index contributed by atoms with van der Waals surface area (Å²) in [7, 11) is 2.04. The average molecular weight is 188 g/mol. The number of nitrogens with zero attached hydrogens (tertiary/aromatic N) is 1. The van der Waals surface area contributed by atoms with Crippen LogP contribution in [0.15, 0.2) is 0 Å². The highest BCUT2D eigenvalue weighted by Gasteiger charge is 2.00. The highest BCUT2D eigenvalue weighted by molar-refractivity contribution is 7.80. The molecular weight excluding hydrogens is 168 g/mol. The van der Waals surface area contributed by atoms with Crippen molar-refractivity contribution in [1.29, 1.82) is 0 Å². The third kappa shape index (κ3) is 5.35. The fraction of sp³-hybridized carbons (Fsp3) is 0.889. The van der Waals surface area contributed by atoms with Crippen LogP contribution in [-0.2, 0) is 0 Å². The molecule has 72 valence electrons. The Morgan fingerprint density at radius 3 is 2.50 bits per heavy atom. The third-order valence-corrected chi connectivity index (χ3v) is 2.23. The van der Waals surface area contributed by atoms with Crippen LogP contribution >= 0.6 is 12.2 Å². The highest BCUT2D eigenvalue weighted by atomic mass is 32.1. The quantitative estimate of drug-likeness (QED) is 0.525. The van der Waals surface area contributed by atoms with Crippen LogP contribution in [0.4, 0.5) is 0 Å². The molecule has 0 spiro atoms. The van der Waals surface area contributed by atoms with Crippen molar-refractivity contribution in [3.05, 3.63) is 0 Å². The lowest BCUT2D eigenvalue weighted by atomic mass is 10.2. The zero-order valence-corrected chi connectivity index (χ0v) is 9.21. The van der Waals surface area contributed by atoms with Crippen molar-refractivity contribution in [1.82, 2.24) is 10.2 Å². The van der Waals surface area contributed by atoms with Crippen LogP contribution in [0.3, 0.4) is 0 Å². The Kier molecular flexibility index (Phi) is 7.16. The van der Waals surface area contributed by atoms with E-state index in [9.17, 15) is 0 Å². The highest BCUT2D eigenvalue weighted by Crippen LogP contribution is 1.96. The summed E-state index contributed by atoms with van der Waals surface area (Å²) in [6, 6.07) is 0. The van der Waals surface area contributed by atoms with Gasteiger partial charge in [0.15, 0.2) is 5.11 Å². The van der Waals surface area contributed by atoms with E-state index in [1.54, 1.807) is 0 Å². The lowest BCUT2D eigenvalue weighted by molar-refractivity contribution is 0.469. The van der Waals surface area contributed by atoms with Crippen LogP contribution in [0.25, 0.3) is 0 Å². The van der Waals surface area contributed by atoms with E-state index >= 15 is 0 Å². The molecule has 0 aliphatic carbocycles. The molecule has 1 N–H and O–H groups in total. The maximum Gasteiger partial charge on any atom is 0.168 e. The molecule has 0 bridgehead atoms. The van der Waals surface area contributed by atoms with Crippen molar-refractivity contribution in [2.45, 2.75) is 33.1 Å². The lowest BCUT2D eigenvalue weighted by Crippen LogP contribution is -2.37. The first-order chi connectivity index (χ1) is 5.72. The summed E-state index contributed by atoms with van der Waals surface area (Å²) >= 11 is 5.14.